The van der Waals surface area contributed by atoms with E-state index in [1.807, 2.05) is 13.8 Å². The fourth-order valence-electron chi connectivity index (χ4n) is 0.805. The van der Waals surface area contributed by atoms with Crippen LogP contribution in [0.4, 0.5) is 4.79 Å². The number of terminal acetylenes is 1. The van der Waals surface area contributed by atoms with E-state index in [1.165, 1.54) is 4.90 Å². The molecule has 0 rings (SSSR count). The molecule has 0 saturated carbocycles. The van der Waals surface area contributed by atoms with E-state index < -0.39 is 6.09 Å². The lowest BCUT2D eigenvalue weighted by molar-refractivity contribution is 0.107. The first-order valence-electron chi connectivity index (χ1n) is 3.82. The van der Waals surface area contributed by atoms with Crippen molar-refractivity contribution in [2.75, 3.05) is 7.05 Å². The van der Waals surface area contributed by atoms with E-state index in [2.05, 4.69) is 5.92 Å². The Morgan fingerprint density at radius 2 is 2.17 bits per heavy atom. The zero-order chi connectivity index (χ0) is 9.78. The Morgan fingerprint density at radius 3 is 2.50 bits per heavy atom. The molecule has 0 fully saturated rings. The second-order valence-electron chi connectivity index (χ2n) is 3.36. The Bertz CT molecular complexity index is 203. The number of carbonyl (C=O) groups is 1. The van der Waals surface area contributed by atoms with Crippen molar-refractivity contribution in [2.45, 2.75) is 32.2 Å². The second kappa shape index (κ2) is 4.01. The van der Waals surface area contributed by atoms with Crippen LogP contribution >= 0.6 is 0 Å². The van der Waals surface area contributed by atoms with Crippen LogP contribution in [0.15, 0.2) is 0 Å². The average Bonchev–Trinajstić information content (AvgIpc) is 1.99. The molecular weight excluding hydrogens is 154 g/mol. The maximum Gasteiger partial charge on any atom is 0.407 e. The molecule has 0 spiro atoms. The minimum atomic E-state index is -0.919. The van der Waals surface area contributed by atoms with Gasteiger partial charge < -0.3 is 10.0 Å². The standard InChI is InChI=1S/C9H15NO2/c1-5-6-7-9(2,3)10(4)8(11)12/h1H,6-7H2,2-4H3,(H,11,12). The fourth-order valence-corrected chi connectivity index (χ4v) is 0.805. The van der Waals surface area contributed by atoms with Crippen LogP contribution in [0.5, 0.6) is 0 Å². The molecule has 0 aliphatic rings. The molecule has 0 aromatic rings. The summed E-state index contributed by atoms with van der Waals surface area (Å²) in [7, 11) is 1.55. The zero-order valence-corrected chi connectivity index (χ0v) is 7.79. The summed E-state index contributed by atoms with van der Waals surface area (Å²) in [6, 6.07) is 0. The van der Waals surface area contributed by atoms with Crippen LogP contribution in [0.25, 0.3) is 0 Å². The van der Waals surface area contributed by atoms with E-state index in [1.54, 1.807) is 7.05 Å². The minimum absolute atomic E-state index is 0.377. The van der Waals surface area contributed by atoms with Gasteiger partial charge >= 0.3 is 6.09 Å². The van der Waals surface area contributed by atoms with Gasteiger partial charge in [0.1, 0.15) is 0 Å². The Hall–Kier alpha value is -1.17. The summed E-state index contributed by atoms with van der Waals surface area (Å²) in [5, 5.41) is 8.69. The van der Waals surface area contributed by atoms with Crippen molar-refractivity contribution in [2.24, 2.45) is 0 Å². The summed E-state index contributed by atoms with van der Waals surface area (Å²) in [5.74, 6) is 2.50. The monoisotopic (exact) mass is 169 g/mol. The van der Waals surface area contributed by atoms with E-state index in [4.69, 9.17) is 11.5 Å². The third-order valence-corrected chi connectivity index (χ3v) is 2.08. The number of carboxylic acid groups (broad SMARTS) is 1. The normalized spacial score (nSPS) is 10.5. The summed E-state index contributed by atoms with van der Waals surface area (Å²) in [5.41, 5.74) is -0.377. The Kier molecular flexibility index (Phi) is 3.62. The van der Waals surface area contributed by atoms with Crippen molar-refractivity contribution in [3.05, 3.63) is 0 Å². The lowest BCUT2D eigenvalue weighted by Gasteiger charge is -2.32. The van der Waals surface area contributed by atoms with Crippen LogP contribution in [-0.4, -0.2) is 28.7 Å². The average molecular weight is 169 g/mol. The van der Waals surface area contributed by atoms with E-state index >= 15 is 0 Å². The van der Waals surface area contributed by atoms with Gasteiger partial charge in [0.15, 0.2) is 0 Å². The molecule has 0 aromatic heterocycles. The molecule has 0 radical (unpaired) electrons. The molecule has 1 amide bonds. The number of rotatable bonds is 3. The van der Waals surface area contributed by atoms with Crippen molar-refractivity contribution in [1.29, 1.82) is 0 Å². The first-order chi connectivity index (χ1) is 5.41. The van der Waals surface area contributed by atoms with Gasteiger partial charge in [0, 0.05) is 19.0 Å². The molecule has 68 valence electrons. The summed E-state index contributed by atoms with van der Waals surface area (Å²) in [6.45, 7) is 3.72. The topological polar surface area (TPSA) is 40.5 Å². The smallest absolute Gasteiger partial charge is 0.407 e. The lowest BCUT2D eigenvalue weighted by atomic mass is 9.97. The van der Waals surface area contributed by atoms with Crippen molar-refractivity contribution >= 4 is 6.09 Å². The van der Waals surface area contributed by atoms with E-state index in [0.717, 1.165) is 0 Å². The van der Waals surface area contributed by atoms with Gasteiger partial charge in [-0.3, -0.25) is 0 Å². The third kappa shape index (κ3) is 2.83. The largest absolute Gasteiger partial charge is 0.465 e. The van der Waals surface area contributed by atoms with Gasteiger partial charge in [-0.2, -0.15) is 0 Å². The predicted molar refractivity (Wildman–Crippen MR) is 47.9 cm³/mol. The first-order valence-corrected chi connectivity index (χ1v) is 3.82. The third-order valence-electron chi connectivity index (χ3n) is 2.08. The molecule has 0 aliphatic heterocycles. The van der Waals surface area contributed by atoms with Gasteiger partial charge in [-0.1, -0.05) is 0 Å². The highest BCUT2D eigenvalue weighted by Gasteiger charge is 2.26. The molecule has 0 aliphatic carbocycles. The van der Waals surface area contributed by atoms with Crippen molar-refractivity contribution < 1.29 is 9.90 Å². The highest BCUT2D eigenvalue weighted by Crippen LogP contribution is 2.18. The quantitative estimate of drug-likeness (QED) is 0.654. The van der Waals surface area contributed by atoms with Gasteiger partial charge in [-0.15, -0.1) is 12.3 Å². The molecule has 3 heteroatoms. The SMILES string of the molecule is C#CCCC(C)(C)N(C)C(=O)O. The number of hydrogen-bond acceptors (Lipinski definition) is 1. The molecule has 1 N–H and O–H groups in total. The van der Waals surface area contributed by atoms with Crippen molar-refractivity contribution in [3.63, 3.8) is 0 Å². The van der Waals surface area contributed by atoms with E-state index in [0.29, 0.717) is 12.8 Å². The minimum Gasteiger partial charge on any atom is -0.465 e. The second-order valence-corrected chi connectivity index (χ2v) is 3.36. The van der Waals surface area contributed by atoms with Crippen molar-refractivity contribution in [1.82, 2.24) is 4.90 Å². The maximum absolute atomic E-state index is 10.6. The van der Waals surface area contributed by atoms with Crippen LogP contribution in [-0.2, 0) is 0 Å². The predicted octanol–water partition coefficient (Wildman–Crippen LogP) is 1.79. The first kappa shape index (κ1) is 10.8. The van der Waals surface area contributed by atoms with Gasteiger partial charge in [0.05, 0.1) is 0 Å². The molecule has 0 unspecified atom stereocenters. The Labute approximate surface area is 73.4 Å². The molecule has 0 heterocycles. The van der Waals surface area contributed by atoms with Crippen LogP contribution in [0.3, 0.4) is 0 Å². The summed E-state index contributed by atoms with van der Waals surface area (Å²) >= 11 is 0. The van der Waals surface area contributed by atoms with Crippen LogP contribution in [0, 0.1) is 12.3 Å². The van der Waals surface area contributed by atoms with Gasteiger partial charge in [-0.25, -0.2) is 4.79 Å². The van der Waals surface area contributed by atoms with E-state index in [-0.39, 0.29) is 5.54 Å². The van der Waals surface area contributed by atoms with Crippen LogP contribution in [0.2, 0.25) is 0 Å². The molecule has 0 atom stereocenters. The number of nitrogens with zero attached hydrogens (tertiary/aromatic N) is 1. The highest BCUT2D eigenvalue weighted by molar-refractivity contribution is 5.65. The summed E-state index contributed by atoms with van der Waals surface area (Å²) in [4.78, 5) is 11.9. The van der Waals surface area contributed by atoms with E-state index in [9.17, 15) is 4.79 Å². The molecule has 0 bridgehead atoms. The Morgan fingerprint density at radius 1 is 1.67 bits per heavy atom. The summed E-state index contributed by atoms with van der Waals surface area (Å²) in [6.07, 6.45) is 5.47. The van der Waals surface area contributed by atoms with Gasteiger partial charge in [0.25, 0.3) is 0 Å². The fraction of sp³-hybridized carbons (Fsp3) is 0.667. The Balaban J connectivity index is 4.20. The molecule has 3 nitrogen and oxygen atoms in total. The van der Waals surface area contributed by atoms with Gasteiger partial charge in [-0.05, 0) is 20.3 Å². The number of amides is 1. The molecule has 0 saturated heterocycles. The number of hydrogen-bond donors (Lipinski definition) is 1. The highest BCUT2D eigenvalue weighted by atomic mass is 16.4. The van der Waals surface area contributed by atoms with Crippen LogP contribution in [0.1, 0.15) is 26.7 Å². The lowest BCUT2D eigenvalue weighted by Crippen LogP contribution is -2.44. The zero-order valence-electron chi connectivity index (χ0n) is 7.79. The van der Waals surface area contributed by atoms with Crippen LogP contribution < -0.4 is 0 Å². The maximum atomic E-state index is 10.6. The summed E-state index contributed by atoms with van der Waals surface area (Å²) < 4.78 is 0. The molecule has 12 heavy (non-hydrogen) atoms. The van der Waals surface area contributed by atoms with Crippen molar-refractivity contribution in [3.8, 4) is 12.3 Å². The molecule has 0 aromatic carbocycles. The van der Waals surface area contributed by atoms with Gasteiger partial charge in [0.2, 0.25) is 0 Å². The molecular formula is C9H15NO2.